The largest absolute Gasteiger partial charge is 0.444 e. The Balaban J connectivity index is 2.42. The monoisotopic (exact) mass is 385 g/mol. The quantitative estimate of drug-likeness (QED) is 0.466. The molecule has 0 bridgehead atoms. The van der Waals surface area contributed by atoms with Crippen molar-refractivity contribution in [2.24, 2.45) is 0 Å². The van der Waals surface area contributed by atoms with Crippen LogP contribution in [0, 0.1) is 0 Å². The molecule has 0 aromatic heterocycles. The summed E-state index contributed by atoms with van der Waals surface area (Å²) >= 11 is 0. The third-order valence-corrected chi connectivity index (χ3v) is 3.44. The van der Waals surface area contributed by atoms with Gasteiger partial charge in [-0.2, -0.15) is 0 Å². The summed E-state index contributed by atoms with van der Waals surface area (Å²) in [6.45, 7) is 6.85. The minimum atomic E-state index is -0.995. The summed E-state index contributed by atoms with van der Waals surface area (Å²) in [5.41, 5.74) is -0.589. The van der Waals surface area contributed by atoms with E-state index in [4.69, 9.17) is 9.57 Å². The second-order valence-corrected chi connectivity index (χ2v) is 7.17. The smallest absolute Gasteiger partial charge is 0.407 e. The van der Waals surface area contributed by atoms with E-state index < -0.39 is 41.4 Å². The van der Waals surface area contributed by atoms with Crippen LogP contribution in [0.2, 0.25) is 0 Å². The van der Waals surface area contributed by atoms with Gasteiger partial charge in [0.1, 0.15) is 11.6 Å². The molecular weight excluding hydrogens is 358 g/mol. The average molecular weight is 385 g/mol. The highest BCUT2D eigenvalue weighted by Gasteiger charge is 2.35. The zero-order valence-electron chi connectivity index (χ0n) is 16.1. The highest BCUT2D eigenvalue weighted by atomic mass is 16.7. The molecule has 0 saturated carbocycles. The Morgan fingerprint density at radius 1 is 1.11 bits per heavy atom. The van der Waals surface area contributed by atoms with Gasteiger partial charge in [-0.05, 0) is 40.0 Å². The highest BCUT2D eigenvalue weighted by Crippen LogP contribution is 2.14. The van der Waals surface area contributed by atoms with Crippen LogP contribution in [0.3, 0.4) is 0 Å². The van der Waals surface area contributed by atoms with E-state index in [9.17, 15) is 24.0 Å². The molecule has 27 heavy (non-hydrogen) atoms. The van der Waals surface area contributed by atoms with Gasteiger partial charge in [-0.25, -0.2) is 9.59 Å². The van der Waals surface area contributed by atoms with Crippen LogP contribution < -0.4 is 10.6 Å². The van der Waals surface area contributed by atoms with Crippen molar-refractivity contribution in [3.8, 4) is 0 Å². The number of alkyl carbamates (subject to hydrolysis) is 1. The summed E-state index contributed by atoms with van der Waals surface area (Å²) in [7, 11) is 0. The van der Waals surface area contributed by atoms with Crippen LogP contribution in [0.5, 0.6) is 0 Å². The predicted octanol–water partition coefficient (Wildman–Crippen LogP) is 0.793. The van der Waals surface area contributed by atoms with Crippen LogP contribution in [0.15, 0.2) is 0 Å². The lowest BCUT2D eigenvalue weighted by atomic mass is 10.1. The number of hydroxylamine groups is 2. The number of unbranched alkanes of at least 4 members (excludes halogenated alkanes) is 1. The van der Waals surface area contributed by atoms with Crippen molar-refractivity contribution < 1.29 is 33.5 Å². The Kier molecular flexibility index (Phi) is 8.20. The van der Waals surface area contributed by atoms with Crippen LogP contribution in [-0.2, 0) is 28.8 Å². The van der Waals surface area contributed by atoms with E-state index in [2.05, 4.69) is 10.6 Å². The Hall–Kier alpha value is -2.65. The first-order valence-electron chi connectivity index (χ1n) is 8.81. The molecule has 1 aliphatic heterocycles. The summed E-state index contributed by atoms with van der Waals surface area (Å²) in [5.74, 6) is -2.50. The maximum Gasteiger partial charge on any atom is 0.407 e. The molecule has 4 amide bonds. The minimum absolute atomic E-state index is 0.00669. The van der Waals surface area contributed by atoms with Crippen molar-refractivity contribution in [2.75, 3.05) is 6.54 Å². The molecular formula is C17H27N3O7. The summed E-state index contributed by atoms with van der Waals surface area (Å²) in [5, 5.41) is 5.48. The zero-order valence-corrected chi connectivity index (χ0v) is 16.1. The predicted molar refractivity (Wildman–Crippen MR) is 92.9 cm³/mol. The normalized spacial score (nSPS) is 15.3. The van der Waals surface area contributed by atoms with Crippen molar-refractivity contribution in [3.05, 3.63) is 0 Å². The van der Waals surface area contributed by atoms with Gasteiger partial charge in [0.15, 0.2) is 0 Å². The van der Waals surface area contributed by atoms with Gasteiger partial charge >= 0.3 is 12.1 Å². The van der Waals surface area contributed by atoms with Gasteiger partial charge in [-0.1, -0.05) is 0 Å². The van der Waals surface area contributed by atoms with Crippen molar-refractivity contribution in [3.63, 3.8) is 0 Å². The molecule has 1 rings (SSSR count). The number of nitrogens with one attached hydrogen (secondary N) is 2. The molecule has 0 aromatic carbocycles. The molecule has 0 radical (unpaired) electrons. The molecule has 1 atom stereocenters. The number of nitrogens with zero attached hydrogens (tertiary/aromatic N) is 1. The van der Waals surface area contributed by atoms with Crippen molar-refractivity contribution in [1.29, 1.82) is 0 Å². The van der Waals surface area contributed by atoms with Crippen molar-refractivity contribution >= 4 is 29.8 Å². The van der Waals surface area contributed by atoms with E-state index >= 15 is 0 Å². The fraction of sp³-hybridized carbons (Fsp3) is 0.706. The maximum atomic E-state index is 12.2. The SMILES string of the molecule is CC(=O)N[C@@H](CCCCNC(=O)OC(C)(C)C)C(=O)ON1C(=O)CCC1=O. The lowest BCUT2D eigenvalue weighted by Crippen LogP contribution is -2.44. The first-order chi connectivity index (χ1) is 12.5. The Labute approximate surface area is 157 Å². The number of carbonyl (C=O) groups excluding carboxylic acids is 5. The Morgan fingerprint density at radius 3 is 2.22 bits per heavy atom. The molecule has 2 N–H and O–H groups in total. The van der Waals surface area contributed by atoms with Crippen LogP contribution in [0.4, 0.5) is 4.79 Å². The first-order valence-corrected chi connectivity index (χ1v) is 8.81. The molecule has 152 valence electrons. The maximum absolute atomic E-state index is 12.2. The van der Waals surface area contributed by atoms with Gasteiger partial charge < -0.3 is 20.2 Å². The molecule has 10 nitrogen and oxygen atoms in total. The van der Waals surface area contributed by atoms with Gasteiger partial charge in [-0.3, -0.25) is 14.4 Å². The molecule has 0 unspecified atom stereocenters. The number of hydrogen-bond donors (Lipinski definition) is 2. The van der Waals surface area contributed by atoms with E-state index in [-0.39, 0.29) is 19.3 Å². The highest BCUT2D eigenvalue weighted by molar-refractivity contribution is 6.01. The summed E-state index contributed by atoms with van der Waals surface area (Å²) in [6, 6.07) is -0.995. The summed E-state index contributed by atoms with van der Waals surface area (Å²) < 4.78 is 5.10. The average Bonchev–Trinajstić information content (AvgIpc) is 2.83. The second-order valence-electron chi connectivity index (χ2n) is 7.17. The standard InChI is InChI=1S/C17H27N3O7/c1-11(21)19-12(15(24)27-20-13(22)8-9-14(20)23)7-5-6-10-18-16(25)26-17(2,3)4/h12H,5-10H2,1-4H3,(H,18,25)(H,19,21)/t12-/m0/s1. The van der Waals surface area contributed by atoms with Crippen LogP contribution >= 0.6 is 0 Å². The lowest BCUT2D eigenvalue weighted by Gasteiger charge is -2.20. The first kappa shape index (κ1) is 22.4. The Morgan fingerprint density at radius 2 is 1.70 bits per heavy atom. The molecule has 1 heterocycles. The molecule has 1 fully saturated rings. The van der Waals surface area contributed by atoms with E-state index in [1.165, 1.54) is 6.92 Å². The lowest BCUT2D eigenvalue weighted by molar-refractivity contribution is -0.199. The summed E-state index contributed by atoms with van der Waals surface area (Å²) in [6.07, 6.45) is 0.693. The van der Waals surface area contributed by atoms with E-state index in [1.54, 1.807) is 20.8 Å². The Bertz CT molecular complexity index is 582. The van der Waals surface area contributed by atoms with Crippen molar-refractivity contribution in [1.82, 2.24) is 15.7 Å². The van der Waals surface area contributed by atoms with E-state index in [0.717, 1.165) is 0 Å². The number of ether oxygens (including phenoxy) is 1. The number of carbonyl (C=O) groups is 5. The van der Waals surface area contributed by atoms with Crippen LogP contribution in [-0.4, -0.2) is 53.0 Å². The second kappa shape index (κ2) is 9.89. The van der Waals surface area contributed by atoms with Gasteiger partial charge in [0.05, 0.1) is 0 Å². The molecule has 1 saturated heterocycles. The van der Waals surface area contributed by atoms with Crippen LogP contribution in [0.25, 0.3) is 0 Å². The molecule has 0 aromatic rings. The van der Waals surface area contributed by atoms with Gasteiger partial charge in [-0.15, -0.1) is 5.06 Å². The van der Waals surface area contributed by atoms with E-state index in [1.807, 2.05) is 0 Å². The number of rotatable bonds is 8. The van der Waals surface area contributed by atoms with Gasteiger partial charge in [0.25, 0.3) is 11.8 Å². The molecule has 0 spiro atoms. The minimum Gasteiger partial charge on any atom is -0.444 e. The fourth-order valence-electron chi connectivity index (χ4n) is 2.28. The summed E-state index contributed by atoms with van der Waals surface area (Å²) in [4.78, 5) is 62.9. The molecule has 0 aliphatic carbocycles. The zero-order chi connectivity index (χ0) is 20.6. The number of imide groups is 1. The fourth-order valence-corrected chi connectivity index (χ4v) is 2.28. The number of hydrogen-bond acceptors (Lipinski definition) is 7. The molecule has 1 aliphatic rings. The third kappa shape index (κ3) is 8.52. The third-order valence-electron chi connectivity index (χ3n) is 3.44. The van der Waals surface area contributed by atoms with Crippen molar-refractivity contribution in [2.45, 2.75) is 71.4 Å². The topological polar surface area (TPSA) is 131 Å². The van der Waals surface area contributed by atoms with E-state index in [0.29, 0.717) is 24.4 Å². The van der Waals surface area contributed by atoms with Gasteiger partial charge in [0, 0.05) is 26.3 Å². The van der Waals surface area contributed by atoms with Gasteiger partial charge in [0.2, 0.25) is 5.91 Å². The number of amides is 4. The van der Waals surface area contributed by atoms with Crippen LogP contribution in [0.1, 0.15) is 59.8 Å². The molecule has 10 heteroatoms.